The summed E-state index contributed by atoms with van der Waals surface area (Å²) in [6.07, 6.45) is 24.6. The van der Waals surface area contributed by atoms with E-state index in [-0.39, 0.29) is 0 Å². The molecule has 0 radical (unpaired) electrons. The van der Waals surface area contributed by atoms with Gasteiger partial charge in [0.15, 0.2) is 0 Å². The van der Waals surface area contributed by atoms with Gasteiger partial charge in [0.1, 0.15) is 11.4 Å². The van der Waals surface area contributed by atoms with Crippen molar-refractivity contribution >= 4 is 5.97 Å². The highest BCUT2D eigenvalue weighted by atomic mass is 16.5. The van der Waals surface area contributed by atoms with E-state index >= 15 is 0 Å². The van der Waals surface area contributed by atoms with E-state index in [4.69, 9.17) is 9.47 Å². The van der Waals surface area contributed by atoms with Gasteiger partial charge in [0.2, 0.25) is 0 Å². The summed E-state index contributed by atoms with van der Waals surface area (Å²) in [4.78, 5) is 11.5. The number of hydrogen-bond acceptors (Lipinski definition) is 3. The second-order valence-corrected chi connectivity index (χ2v) is 9.81. The highest BCUT2D eigenvalue weighted by molar-refractivity contribution is 5.75. The average Bonchev–Trinajstić information content (AvgIpc) is 2.87. The maximum absolute atomic E-state index is 11.5. The van der Waals surface area contributed by atoms with Gasteiger partial charge in [-0.2, -0.15) is 0 Å². The molecule has 4 heteroatoms. The summed E-state index contributed by atoms with van der Waals surface area (Å²) >= 11 is 0. The first kappa shape index (κ1) is 29.2. The van der Waals surface area contributed by atoms with E-state index in [1.807, 2.05) is 36.4 Å². The molecule has 2 rings (SSSR count). The van der Waals surface area contributed by atoms with Crippen LogP contribution in [0.4, 0.5) is 0 Å². The molecule has 0 aliphatic heterocycles. The second-order valence-electron chi connectivity index (χ2n) is 9.81. The normalized spacial score (nSPS) is 19.2. The SMILES string of the molecule is CCCCCCCCCCOC1(c2ccccc2OCCCCCCCC)C=CC(C(=O)O)C=C1. The molecule has 0 atom stereocenters. The van der Waals surface area contributed by atoms with E-state index in [0.717, 1.165) is 30.6 Å². The summed E-state index contributed by atoms with van der Waals surface area (Å²) in [6, 6.07) is 8.03. The Kier molecular flexibility index (Phi) is 14.5. The van der Waals surface area contributed by atoms with Crippen molar-refractivity contribution in [3.05, 3.63) is 54.1 Å². The molecule has 0 spiro atoms. The molecule has 0 fully saturated rings. The maximum Gasteiger partial charge on any atom is 0.314 e. The molecule has 1 N–H and O–H groups in total. The standard InChI is InChI=1S/C31H48O4/c1-3-5-7-9-11-12-14-18-26-35-31(23-21-27(22-24-31)30(32)33)28-19-15-16-20-29(28)34-25-17-13-10-8-6-4-2/h15-16,19-24,27H,3-14,17-18,25-26H2,1-2H3,(H,32,33). The van der Waals surface area contributed by atoms with Crippen LogP contribution in [0.25, 0.3) is 0 Å². The van der Waals surface area contributed by atoms with Crippen molar-refractivity contribution in [1.29, 1.82) is 0 Å². The third-order valence-corrected chi connectivity index (χ3v) is 6.79. The molecule has 0 bridgehead atoms. The van der Waals surface area contributed by atoms with Crippen LogP contribution in [0.2, 0.25) is 0 Å². The summed E-state index contributed by atoms with van der Waals surface area (Å²) < 4.78 is 12.7. The lowest BCUT2D eigenvalue weighted by Crippen LogP contribution is -2.30. The number of carbonyl (C=O) groups is 1. The van der Waals surface area contributed by atoms with Crippen molar-refractivity contribution in [1.82, 2.24) is 0 Å². The van der Waals surface area contributed by atoms with Crippen LogP contribution in [-0.2, 0) is 15.1 Å². The summed E-state index contributed by atoms with van der Waals surface area (Å²) in [5.41, 5.74) is 0.159. The number of hydrogen-bond donors (Lipinski definition) is 1. The summed E-state index contributed by atoms with van der Waals surface area (Å²) in [5, 5.41) is 9.44. The zero-order chi connectivity index (χ0) is 25.2. The van der Waals surface area contributed by atoms with Crippen molar-refractivity contribution in [2.45, 2.75) is 109 Å². The molecule has 196 valence electrons. The van der Waals surface area contributed by atoms with Gasteiger partial charge >= 0.3 is 5.97 Å². The third-order valence-electron chi connectivity index (χ3n) is 6.79. The molecule has 1 aliphatic rings. The van der Waals surface area contributed by atoms with Crippen LogP contribution >= 0.6 is 0 Å². The molecule has 0 unspecified atom stereocenters. The predicted molar refractivity (Wildman–Crippen MR) is 145 cm³/mol. The number of carboxylic acids is 1. The molecule has 4 nitrogen and oxygen atoms in total. The Bertz CT molecular complexity index is 753. The molecule has 35 heavy (non-hydrogen) atoms. The minimum atomic E-state index is -0.846. The first-order chi connectivity index (χ1) is 17.1. The number of carboxylic acid groups (broad SMARTS) is 1. The Morgan fingerprint density at radius 3 is 1.86 bits per heavy atom. The van der Waals surface area contributed by atoms with Crippen LogP contribution in [-0.4, -0.2) is 24.3 Å². The first-order valence-corrected chi connectivity index (χ1v) is 14.1. The number of para-hydroxylation sites is 1. The van der Waals surface area contributed by atoms with E-state index in [9.17, 15) is 9.90 Å². The van der Waals surface area contributed by atoms with Crippen molar-refractivity contribution < 1.29 is 19.4 Å². The monoisotopic (exact) mass is 484 g/mol. The van der Waals surface area contributed by atoms with Crippen LogP contribution < -0.4 is 4.74 Å². The van der Waals surface area contributed by atoms with Crippen molar-refractivity contribution in [3.8, 4) is 5.75 Å². The van der Waals surface area contributed by atoms with E-state index in [2.05, 4.69) is 13.8 Å². The molecule has 0 heterocycles. The zero-order valence-electron chi connectivity index (χ0n) is 22.2. The Morgan fingerprint density at radius 2 is 1.29 bits per heavy atom. The molecule has 1 aromatic carbocycles. The largest absolute Gasteiger partial charge is 0.493 e. The van der Waals surface area contributed by atoms with E-state index in [1.54, 1.807) is 12.2 Å². The number of benzene rings is 1. The molecule has 0 saturated heterocycles. The molecular weight excluding hydrogens is 436 g/mol. The Balaban J connectivity index is 1.97. The number of unbranched alkanes of at least 4 members (excludes halogenated alkanes) is 12. The summed E-state index contributed by atoms with van der Waals surface area (Å²) in [7, 11) is 0. The fraction of sp³-hybridized carbons (Fsp3) is 0.645. The van der Waals surface area contributed by atoms with E-state index in [0.29, 0.717) is 13.2 Å². The van der Waals surface area contributed by atoms with Gasteiger partial charge in [-0.05, 0) is 31.1 Å². The smallest absolute Gasteiger partial charge is 0.314 e. The van der Waals surface area contributed by atoms with Gasteiger partial charge < -0.3 is 14.6 Å². The van der Waals surface area contributed by atoms with E-state index < -0.39 is 17.5 Å². The topological polar surface area (TPSA) is 55.8 Å². The zero-order valence-corrected chi connectivity index (χ0v) is 22.2. The molecule has 0 aromatic heterocycles. The van der Waals surface area contributed by atoms with Gasteiger partial charge in [-0.15, -0.1) is 0 Å². The molecule has 1 aromatic rings. The second kappa shape index (κ2) is 17.4. The van der Waals surface area contributed by atoms with Gasteiger partial charge in [-0.1, -0.05) is 121 Å². The Labute approximate surface area is 213 Å². The van der Waals surface area contributed by atoms with Crippen molar-refractivity contribution in [3.63, 3.8) is 0 Å². The number of ether oxygens (including phenoxy) is 2. The van der Waals surface area contributed by atoms with Crippen molar-refractivity contribution in [2.24, 2.45) is 5.92 Å². The molecule has 1 aliphatic carbocycles. The van der Waals surface area contributed by atoms with Gasteiger partial charge in [-0.3, -0.25) is 4.79 Å². The number of aliphatic carboxylic acids is 1. The lowest BCUT2D eigenvalue weighted by molar-refractivity contribution is -0.138. The van der Waals surface area contributed by atoms with Crippen LogP contribution in [0.15, 0.2) is 48.6 Å². The third kappa shape index (κ3) is 10.6. The van der Waals surface area contributed by atoms with Gasteiger partial charge in [0, 0.05) is 12.2 Å². The van der Waals surface area contributed by atoms with Crippen LogP contribution in [0.5, 0.6) is 5.75 Å². The fourth-order valence-electron chi connectivity index (χ4n) is 4.59. The van der Waals surface area contributed by atoms with Gasteiger partial charge in [0.25, 0.3) is 0 Å². The first-order valence-electron chi connectivity index (χ1n) is 14.1. The Morgan fingerprint density at radius 1 is 0.771 bits per heavy atom. The average molecular weight is 485 g/mol. The maximum atomic E-state index is 11.5. The highest BCUT2D eigenvalue weighted by Crippen LogP contribution is 2.39. The quantitative estimate of drug-likeness (QED) is 0.149. The summed E-state index contributed by atoms with van der Waals surface area (Å²) in [6.45, 7) is 5.80. The van der Waals surface area contributed by atoms with Crippen LogP contribution in [0, 0.1) is 5.92 Å². The predicted octanol–water partition coefficient (Wildman–Crippen LogP) is 8.61. The van der Waals surface area contributed by atoms with Crippen molar-refractivity contribution in [2.75, 3.05) is 13.2 Å². The highest BCUT2D eigenvalue weighted by Gasteiger charge is 2.34. The molecule has 0 amide bonds. The van der Waals surface area contributed by atoms with Gasteiger partial charge in [0.05, 0.1) is 12.5 Å². The number of rotatable bonds is 20. The summed E-state index contributed by atoms with van der Waals surface area (Å²) in [5.74, 6) is -0.645. The minimum Gasteiger partial charge on any atom is -0.493 e. The van der Waals surface area contributed by atoms with E-state index in [1.165, 1.54) is 70.6 Å². The minimum absolute atomic E-state index is 0.619. The fourth-order valence-corrected chi connectivity index (χ4v) is 4.59. The van der Waals surface area contributed by atoms with Crippen LogP contribution in [0.3, 0.4) is 0 Å². The lowest BCUT2D eigenvalue weighted by atomic mass is 9.85. The van der Waals surface area contributed by atoms with Crippen LogP contribution in [0.1, 0.15) is 109 Å². The van der Waals surface area contributed by atoms with Gasteiger partial charge in [-0.25, -0.2) is 0 Å². The molecular formula is C31H48O4. The Hall–Kier alpha value is -2.07. The molecule has 0 saturated carbocycles. The lowest BCUT2D eigenvalue weighted by Gasteiger charge is -2.32.